The number of aromatic nitrogens is 1. The number of hydrogen-bond donors (Lipinski definition) is 2. The van der Waals surface area contributed by atoms with Gasteiger partial charge in [-0.2, -0.15) is 0 Å². The van der Waals surface area contributed by atoms with Crippen molar-refractivity contribution in [2.45, 2.75) is 13.0 Å². The zero-order valence-electron chi connectivity index (χ0n) is 9.55. The fraction of sp³-hybridized carbons (Fsp3) is 0.231. The van der Waals surface area contributed by atoms with Crippen molar-refractivity contribution in [1.82, 2.24) is 10.3 Å². The lowest BCUT2D eigenvalue weighted by molar-refractivity contribution is 0.0924. The standard InChI is InChI=1S/C13H14N2O2/c1-9(8-16)15-13(17)11-6-2-4-10-5-3-7-14-12(10)11/h2-7,9,16H,8H2,1H3,(H,15,17). The number of aliphatic hydroxyl groups excluding tert-OH is 1. The predicted molar refractivity (Wildman–Crippen MR) is 65.8 cm³/mol. The van der Waals surface area contributed by atoms with Crippen LogP contribution in [0.5, 0.6) is 0 Å². The van der Waals surface area contributed by atoms with E-state index in [1.165, 1.54) is 0 Å². The van der Waals surface area contributed by atoms with E-state index in [0.29, 0.717) is 11.1 Å². The van der Waals surface area contributed by atoms with Gasteiger partial charge in [0, 0.05) is 17.6 Å². The topological polar surface area (TPSA) is 62.2 Å². The highest BCUT2D eigenvalue weighted by Crippen LogP contribution is 2.15. The number of carbonyl (C=O) groups excluding carboxylic acids is 1. The third-order valence-electron chi connectivity index (χ3n) is 2.53. The smallest absolute Gasteiger partial charge is 0.253 e. The van der Waals surface area contributed by atoms with E-state index in [0.717, 1.165) is 5.39 Å². The molecule has 2 rings (SSSR count). The second-order valence-electron chi connectivity index (χ2n) is 3.94. The zero-order chi connectivity index (χ0) is 12.3. The Morgan fingerprint density at radius 3 is 2.94 bits per heavy atom. The Morgan fingerprint density at radius 1 is 1.41 bits per heavy atom. The highest BCUT2D eigenvalue weighted by Gasteiger charge is 2.12. The van der Waals surface area contributed by atoms with Crippen molar-refractivity contribution in [3.05, 3.63) is 42.1 Å². The average Bonchev–Trinajstić information content (AvgIpc) is 2.37. The van der Waals surface area contributed by atoms with E-state index in [1.54, 1.807) is 19.2 Å². The van der Waals surface area contributed by atoms with Gasteiger partial charge in [0.2, 0.25) is 0 Å². The molecule has 0 aliphatic rings. The average molecular weight is 230 g/mol. The molecule has 0 radical (unpaired) electrons. The van der Waals surface area contributed by atoms with Gasteiger partial charge in [-0.15, -0.1) is 0 Å². The number of nitrogens with zero attached hydrogens (tertiary/aromatic N) is 1. The maximum absolute atomic E-state index is 12.0. The number of benzene rings is 1. The molecule has 1 amide bonds. The number of fused-ring (bicyclic) bond motifs is 1. The molecule has 2 aromatic rings. The SMILES string of the molecule is CC(CO)NC(=O)c1cccc2cccnc12. The molecular formula is C13H14N2O2. The van der Waals surface area contributed by atoms with E-state index in [9.17, 15) is 4.79 Å². The van der Waals surface area contributed by atoms with E-state index < -0.39 is 0 Å². The molecule has 2 N–H and O–H groups in total. The number of amides is 1. The molecule has 0 aliphatic heterocycles. The molecule has 1 heterocycles. The van der Waals surface area contributed by atoms with Crippen LogP contribution < -0.4 is 5.32 Å². The molecule has 0 saturated carbocycles. The lowest BCUT2D eigenvalue weighted by Crippen LogP contribution is -2.35. The summed E-state index contributed by atoms with van der Waals surface area (Å²) in [6, 6.07) is 8.95. The first-order valence-electron chi connectivity index (χ1n) is 5.48. The van der Waals surface area contributed by atoms with Gasteiger partial charge < -0.3 is 10.4 Å². The number of pyridine rings is 1. The minimum Gasteiger partial charge on any atom is -0.394 e. The maximum atomic E-state index is 12.0. The van der Waals surface area contributed by atoms with Crippen molar-refractivity contribution < 1.29 is 9.90 Å². The third-order valence-corrected chi connectivity index (χ3v) is 2.53. The highest BCUT2D eigenvalue weighted by atomic mass is 16.3. The molecule has 4 nitrogen and oxygen atoms in total. The van der Waals surface area contributed by atoms with Crippen LogP contribution in [0.3, 0.4) is 0 Å². The molecule has 0 saturated heterocycles. The Hall–Kier alpha value is -1.94. The number of hydrogen-bond acceptors (Lipinski definition) is 3. The lowest BCUT2D eigenvalue weighted by atomic mass is 10.1. The first kappa shape index (κ1) is 11.5. The molecule has 1 unspecified atom stereocenters. The van der Waals surface area contributed by atoms with E-state index in [2.05, 4.69) is 10.3 Å². The van der Waals surface area contributed by atoms with Crippen LogP contribution in [0.1, 0.15) is 17.3 Å². The zero-order valence-corrected chi connectivity index (χ0v) is 9.55. The fourth-order valence-electron chi connectivity index (χ4n) is 1.63. The van der Waals surface area contributed by atoms with Crippen molar-refractivity contribution in [1.29, 1.82) is 0 Å². The summed E-state index contributed by atoms with van der Waals surface area (Å²) in [7, 11) is 0. The van der Waals surface area contributed by atoms with E-state index in [4.69, 9.17) is 5.11 Å². The van der Waals surface area contributed by atoms with Gasteiger partial charge in [-0.25, -0.2) is 0 Å². The van der Waals surface area contributed by atoms with Gasteiger partial charge in [-0.1, -0.05) is 18.2 Å². The third kappa shape index (κ3) is 2.42. The summed E-state index contributed by atoms with van der Waals surface area (Å²) in [5.74, 6) is -0.212. The van der Waals surface area contributed by atoms with Gasteiger partial charge in [0.1, 0.15) is 0 Å². The summed E-state index contributed by atoms with van der Waals surface area (Å²) in [4.78, 5) is 16.2. The second-order valence-corrected chi connectivity index (χ2v) is 3.94. The van der Waals surface area contributed by atoms with Crippen molar-refractivity contribution >= 4 is 16.8 Å². The Morgan fingerprint density at radius 2 is 2.18 bits per heavy atom. The molecule has 0 aliphatic carbocycles. The number of rotatable bonds is 3. The van der Waals surface area contributed by atoms with Gasteiger partial charge in [0.05, 0.1) is 17.7 Å². The van der Waals surface area contributed by atoms with Gasteiger partial charge in [-0.3, -0.25) is 9.78 Å². The van der Waals surface area contributed by atoms with E-state index in [-0.39, 0.29) is 18.6 Å². The number of para-hydroxylation sites is 1. The van der Waals surface area contributed by atoms with Crippen LogP contribution >= 0.6 is 0 Å². The number of aliphatic hydroxyl groups is 1. The molecule has 88 valence electrons. The largest absolute Gasteiger partial charge is 0.394 e. The molecule has 1 aromatic carbocycles. The Labute approximate surface area is 99.3 Å². The van der Waals surface area contributed by atoms with Crippen LogP contribution in [0.4, 0.5) is 0 Å². The summed E-state index contributed by atoms with van der Waals surface area (Å²) in [5, 5.41) is 12.6. The first-order valence-corrected chi connectivity index (χ1v) is 5.48. The highest BCUT2D eigenvalue weighted by molar-refractivity contribution is 6.05. The quantitative estimate of drug-likeness (QED) is 0.836. The Balaban J connectivity index is 2.38. The summed E-state index contributed by atoms with van der Waals surface area (Å²) >= 11 is 0. The van der Waals surface area contributed by atoms with Crippen LogP contribution in [-0.2, 0) is 0 Å². The Bertz CT molecular complexity index is 534. The first-order chi connectivity index (χ1) is 8.22. The molecule has 1 atom stereocenters. The van der Waals surface area contributed by atoms with E-state index in [1.807, 2.05) is 24.3 Å². The molecule has 4 heteroatoms. The molecule has 0 bridgehead atoms. The minimum absolute atomic E-state index is 0.0794. The maximum Gasteiger partial charge on any atom is 0.253 e. The van der Waals surface area contributed by atoms with Gasteiger partial charge >= 0.3 is 0 Å². The summed E-state index contributed by atoms with van der Waals surface area (Å²) in [5.41, 5.74) is 1.21. The summed E-state index contributed by atoms with van der Waals surface area (Å²) in [6.45, 7) is 1.67. The normalized spacial score (nSPS) is 12.4. The van der Waals surface area contributed by atoms with Crippen LogP contribution in [0.2, 0.25) is 0 Å². The lowest BCUT2D eigenvalue weighted by Gasteiger charge is -2.11. The summed E-state index contributed by atoms with van der Waals surface area (Å²) < 4.78 is 0. The van der Waals surface area contributed by atoms with Crippen LogP contribution in [0.25, 0.3) is 10.9 Å². The van der Waals surface area contributed by atoms with Gasteiger partial charge in [0.25, 0.3) is 5.91 Å². The van der Waals surface area contributed by atoms with Gasteiger partial charge in [-0.05, 0) is 19.1 Å². The molecular weight excluding hydrogens is 216 g/mol. The predicted octanol–water partition coefficient (Wildman–Crippen LogP) is 1.35. The van der Waals surface area contributed by atoms with Crippen LogP contribution in [-0.4, -0.2) is 28.6 Å². The molecule has 0 spiro atoms. The van der Waals surface area contributed by atoms with Crippen LogP contribution in [0.15, 0.2) is 36.5 Å². The van der Waals surface area contributed by atoms with Crippen molar-refractivity contribution in [3.63, 3.8) is 0 Å². The van der Waals surface area contributed by atoms with E-state index >= 15 is 0 Å². The van der Waals surface area contributed by atoms with Crippen molar-refractivity contribution in [3.8, 4) is 0 Å². The van der Waals surface area contributed by atoms with Crippen molar-refractivity contribution in [2.75, 3.05) is 6.61 Å². The Kier molecular flexibility index (Phi) is 3.35. The molecule has 0 fully saturated rings. The van der Waals surface area contributed by atoms with Gasteiger partial charge in [0.15, 0.2) is 0 Å². The minimum atomic E-state index is -0.263. The molecule has 1 aromatic heterocycles. The second kappa shape index (κ2) is 4.93. The fourth-order valence-corrected chi connectivity index (χ4v) is 1.63. The number of nitrogens with one attached hydrogen (secondary N) is 1. The van der Waals surface area contributed by atoms with Crippen molar-refractivity contribution in [2.24, 2.45) is 0 Å². The van der Waals surface area contributed by atoms with Crippen LogP contribution in [0, 0.1) is 0 Å². The molecule has 17 heavy (non-hydrogen) atoms. The number of carbonyl (C=O) groups is 1. The summed E-state index contributed by atoms with van der Waals surface area (Å²) in [6.07, 6.45) is 1.66. The monoisotopic (exact) mass is 230 g/mol.